The highest BCUT2D eigenvalue weighted by Gasteiger charge is 2.14. The lowest BCUT2D eigenvalue weighted by molar-refractivity contribution is 1.18. The second kappa shape index (κ2) is 9.42. The number of aromatic nitrogens is 1. The molecule has 0 bridgehead atoms. The van der Waals surface area contributed by atoms with Crippen molar-refractivity contribution in [2.45, 2.75) is 0 Å². The summed E-state index contributed by atoms with van der Waals surface area (Å²) >= 11 is 0. The second-order valence-electron chi connectivity index (χ2n) is 9.47. The molecule has 6 aromatic carbocycles. The van der Waals surface area contributed by atoms with Crippen LogP contribution in [0.4, 0.5) is 17.1 Å². The van der Waals surface area contributed by atoms with E-state index >= 15 is 0 Å². The van der Waals surface area contributed by atoms with Crippen LogP contribution in [0.5, 0.6) is 0 Å². The van der Waals surface area contributed by atoms with E-state index in [0.717, 1.165) is 17.1 Å². The van der Waals surface area contributed by atoms with E-state index in [1.165, 1.54) is 38.6 Å². The van der Waals surface area contributed by atoms with Crippen LogP contribution in [-0.4, -0.2) is 4.57 Å². The maximum Gasteiger partial charge on any atom is 0.0541 e. The molecule has 38 heavy (non-hydrogen) atoms. The Morgan fingerprint density at radius 1 is 0.368 bits per heavy atom. The third kappa shape index (κ3) is 3.84. The zero-order chi connectivity index (χ0) is 25.3. The monoisotopic (exact) mass is 488 g/mol. The fourth-order valence-corrected chi connectivity index (χ4v) is 5.41. The van der Waals surface area contributed by atoms with E-state index in [9.17, 15) is 0 Å². The van der Waals surface area contributed by atoms with Gasteiger partial charge in [-0.15, -0.1) is 0 Å². The van der Waals surface area contributed by atoms with Crippen molar-refractivity contribution in [2.75, 3.05) is 4.90 Å². The van der Waals surface area contributed by atoms with Gasteiger partial charge in [-0.25, -0.2) is 0 Å². The van der Waals surface area contributed by atoms with Crippen LogP contribution in [0.25, 0.3) is 38.6 Å². The minimum absolute atomic E-state index is 1.13. The maximum atomic E-state index is 2.36. The third-order valence-electron chi connectivity index (χ3n) is 7.17. The van der Waals surface area contributed by atoms with Crippen LogP contribution >= 0.6 is 0 Å². The predicted octanol–water partition coefficient (Wildman–Crippen LogP) is 9.92. The van der Waals surface area contributed by atoms with Gasteiger partial charge in [0, 0.05) is 33.5 Å². The summed E-state index contributed by atoms with van der Waals surface area (Å²) in [5, 5.41) is 2.53. The lowest BCUT2D eigenvalue weighted by Gasteiger charge is -2.25. The molecule has 180 valence electrons. The number of hydrogen-bond donors (Lipinski definition) is 0. The summed E-state index contributed by atoms with van der Waals surface area (Å²) in [6.07, 6.45) is 0. The standard InChI is InChI=1S/C36H26N2/c1-4-12-29(13-5-1)37(30-14-6-2-7-15-30)32-23-20-27(21-24-32)28-22-25-36-34(26-28)33-18-10-11-19-35(33)38(36)31-16-8-3-9-17-31/h1-26H/i37+1,38+1. The fraction of sp³-hybridized carbons (Fsp3) is 0. The van der Waals surface area contributed by atoms with E-state index in [1.54, 1.807) is 0 Å². The predicted molar refractivity (Wildman–Crippen MR) is 161 cm³/mol. The smallest absolute Gasteiger partial charge is 0.0541 e. The van der Waals surface area contributed by atoms with E-state index in [1.807, 2.05) is 0 Å². The molecular formula is C36H26N2. The van der Waals surface area contributed by atoms with Crippen molar-refractivity contribution in [2.24, 2.45) is 0 Å². The number of hydrogen-bond acceptors (Lipinski definition) is 1. The first kappa shape index (κ1) is 22.1. The number of benzene rings is 6. The van der Waals surface area contributed by atoms with Gasteiger partial charge in [-0.1, -0.05) is 91.0 Å². The minimum Gasteiger partial charge on any atom is -0.311 e. The summed E-state index contributed by atoms with van der Waals surface area (Å²) in [7, 11) is 0. The van der Waals surface area contributed by atoms with E-state index in [-0.39, 0.29) is 0 Å². The van der Waals surface area contributed by atoms with Gasteiger partial charge in [0.15, 0.2) is 0 Å². The van der Waals surface area contributed by atoms with Gasteiger partial charge in [0.25, 0.3) is 0 Å². The van der Waals surface area contributed by atoms with Crippen LogP contribution in [0.15, 0.2) is 158 Å². The molecule has 0 atom stereocenters. The number of rotatable bonds is 5. The average molecular weight is 489 g/mol. The largest absolute Gasteiger partial charge is 0.311 e. The molecule has 2 heteroatoms. The Morgan fingerprint density at radius 2 is 0.868 bits per heavy atom. The maximum absolute atomic E-state index is 2.36. The second-order valence-corrected chi connectivity index (χ2v) is 9.47. The van der Waals surface area contributed by atoms with Gasteiger partial charge in [0.05, 0.1) is 11.0 Å². The highest BCUT2D eigenvalue weighted by molar-refractivity contribution is 6.10. The topological polar surface area (TPSA) is 8.17 Å². The molecule has 1 aromatic heterocycles. The molecule has 0 aliphatic heterocycles. The lowest BCUT2D eigenvalue weighted by atomic mass is 10.0. The first-order valence-corrected chi connectivity index (χ1v) is 13.0. The zero-order valence-electron chi connectivity index (χ0n) is 20.9. The van der Waals surface area contributed by atoms with Crippen molar-refractivity contribution in [1.82, 2.24) is 4.57 Å². The van der Waals surface area contributed by atoms with Gasteiger partial charge >= 0.3 is 0 Å². The molecule has 0 unspecified atom stereocenters. The zero-order valence-corrected chi connectivity index (χ0v) is 20.9. The highest BCUT2D eigenvalue weighted by atomic mass is 15.9. The molecule has 0 saturated heterocycles. The SMILES string of the molecule is c1ccc([15N](c2ccccc2)c2ccc(-c3ccc4c(c3)c3ccccc3[15n]4-c3ccccc3)cc2)cc1. The van der Waals surface area contributed by atoms with Crippen LogP contribution in [0.1, 0.15) is 0 Å². The van der Waals surface area contributed by atoms with Crippen molar-refractivity contribution in [3.63, 3.8) is 0 Å². The minimum atomic E-state index is 1.13. The third-order valence-corrected chi connectivity index (χ3v) is 7.17. The fourth-order valence-electron chi connectivity index (χ4n) is 5.41. The normalized spacial score (nSPS) is 11.2. The Labute approximate surface area is 222 Å². The van der Waals surface area contributed by atoms with Crippen LogP contribution in [0, 0.1) is 0 Å². The van der Waals surface area contributed by atoms with Crippen LogP contribution in [-0.2, 0) is 0 Å². The van der Waals surface area contributed by atoms with Crippen molar-refractivity contribution >= 4 is 38.9 Å². The van der Waals surface area contributed by atoms with E-state index < -0.39 is 0 Å². The molecule has 0 spiro atoms. The first-order valence-electron chi connectivity index (χ1n) is 13.0. The van der Waals surface area contributed by atoms with E-state index in [0.29, 0.717) is 0 Å². The Hall–Kier alpha value is -5.08. The molecule has 0 N–H and O–H groups in total. The van der Waals surface area contributed by atoms with E-state index in [4.69, 9.17) is 0 Å². The molecule has 1 heterocycles. The quantitative estimate of drug-likeness (QED) is 0.219. The van der Waals surface area contributed by atoms with Crippen molar-refractivity contribution in [3.8, 4) is 16.8 Å². The van der Waals surface area contributed by atoms with Crippen LogP contribution < -0.4 is 4.90 Å². The number of anilines is 3. The molecule has 0 saturated carbocycles. The molecular weight excluding hydrogens is 462 g/mol. The summed E-state index contributed by atoms with van der Waals surface area (Å²) < 4.78 is 2.36. The highest BCUT2D eigenvalue weighted by Crippen LogP contribution is 2.37. The Balaban J connectivity index is 1.32. The van der Waals surface area contributed by atoms with Gasteiger partial charge in [-0.3, -0.25) is 0 Å². The Bertz CT molecular complexity index is 1800. The molecule has 0 fully saturated rings. The van der Waals surface area contributed by atoms with Crippen molar-refractivity contribution < 1.29 is 0 Å². The summed E-state index contributed by atoms with van der Waals surface area (Å²) in [5.41, 5.74) is 9.45. The van der Waals surface area contributed by atoms with Crippen LogP contribution in [0.2, 0.25) is 0 Å². The Morgan fingerprint density at radius 3 is 1.53 bits per heavy atom. The molecule has 7 rings (SSSR count). The average Bonchev–Trinajstić information content (AvgIpc) is 3.33. The molecule has 7 aromatic rings. The summed E-state index contributed by atoms with van der Waals surface area (Å²) in [5.74, 6) is 0. The first-order chi connectivity index (χ1) is 18.9. The van der Waals surface area contributed by atoms with Gasteiger partial charge in [0.1, 0.15) is 0 Å². The summed E-state index contributed by atoms with van der Waals surface area (Å²) in [6, 6.07) is 56.0. The summed E-state index contributed by atoms with van der Waals surface area (Å²) in [4.78, 5) is 2.29. The number of para-hydroxylation sites is 4. The van der Waals surface area contributed by atoms with Gasteiger partial charge < -0.3 is 9.47 Å². The molecule has 0 radical (unpaired) electrons. The molecule has 2 nitrogen and oxygen atoms in total. The van der Waals surface area contributed by atoms with Crippen LogP contribution in [0.3, 0.4) is 0 Å². The number of fused-ring (bicyclic) bond motifs is 3. The van der Waals surface area contributed by atoms with Gasteiger partial charge in [0.2, 0.25) is 0 Å². The van der Waals surface area contributed by atoms with Gasteiger partial charge in [-0.05, 0) is 77.9 Å². The van der Waals surface area contributed by atoms with Crippen molar-refractivity contribution in [1.29, 1.82) is 0 Å². The summed E-state index contributed by atoms with van der Waals surface area (Å²) in [6.45, 7) is 0. The van der Waals surface area contributed by atoms with Gasteiger partial charge in [-0.2, -0.15) is 0 Å². The number of nitrogens with zero attached hydrogens (tertiary/aromatic N) is 2. The molecule has 0 aliphatic carbocycles. The molecule has 0 aliphatic rings. The lowest BCUT2D eigenvalue weighted by Crippen LogP contribution is -2.09. The van der Waals surface area contributed by atoms with Crippen molar-refractivity contribution in [3.05, 3.63) is 158 Å². The van der Waals surface area contributed by atoms with E-state index in [2.05, 4.69) is 167 Å². The molecule has 0 amide bonds. The Kier molecular flexibility index (Phi) is 5.49.